The molecule has 0 atom stereocenters. The lowest BCUT2D eigenvalue weighted by Gasteiger charge is -2.18. The van der Waals surface area contributed by atoms with E-state index < -0.39 is 0 Å². The van der Waals surface area contributed by atoms with Crippen LogP contribution in [-0.4, -0.2) is 40.8 Å². The highest BCUT2D eigenvalue weighted by atomic mass is 79.9. The standard InChI is InChI=1S/C24H25BrN2O4S2/c1-13(2)27-23(29)19(33-24(27)32)11-16-9-17(25)22(18(10-16)30-5)31-12-20(28)26-21-14(3)7-6-8-15(21)4/h6-11,13H,12H2,1-5H3,(H,26,28)/b19-11-. The van der Waals surface area contributed by atoms with Crippen LogP contribution in [0.4, 0.5) is 5.69 Å². The number of ether oxygens (including phenoxy) is 2. The minimum Gasteiger partial charge on any atom is -0.493 e. The molecule has 3 rings (SSSR count). The second-order valence-electron chi connectivity index (χ2n) is 7.78. The highest BCUT2D eigenvalue weighted by molar-refractivity contribution is 9.10. The van der Waals surface area contributed by atoms with Gasteiger partial charge >= 0.3 is 0 Å². The molecule has 0 aliphatic carbocycles. The van der Waals surface area contributed by atoms with Crippen LogP contribution in [0.5, 0.6) is 11.5 Å². The molecule has 174 valence electrons. The average Bonchev–Trinajstić information content (AvgIpc) is 3.02. The van der Waals surface area contributed by atoms with Crippen LogP contribution in [0.2, 0.25) is 0 Å². The third-order valence-corrected chi connectivity index (χ3v) is 6.90. The van der Waals surface area contributed by atoms with E-state index in [1.165, 1.54) is 18.9 Å². The number of methoxy groups -OCH3 is 1. The van der Waals surface area contributed by atoms with E-state index in [-0.39, 0.29) is 24.5 Å². The Balaban J connectivity index is 1.77. The van der Waals surface area contributed by atoms with Gasteiger partial charge in [0.25, 0.3) is 11.8 Å². The summed E-state index contributed by atoms with van der Waals surface area (Å²) in [6.07, 6.45) is 1.77. The molecular formula is C24H25BrN2O4S2. The van der Waals surface area contributed by atoms with E-state index in [1.807, 2.05) is 52.0 Å². The Hall–Kier alpha value is -2.36. The number of benzene rings is 2. The molecule has 0 unspecified atom stereocenters. The number of halogens is 1. The number of para-hydroxylation sites is 1. The van der Waals surface area contributed by atoms with Gasteiger partial charge in [0.15, 0.2) is 18.1 Å². The third-order valence-electron chi connectivity index (χ3n) is 4.98. The summed E-state index contributed by atoms with van der Waals surface area (Å²) in [6.45, 7) is 7.55. The Labute approximate surface area is 211 Å². The molecule has 2 amide bonds. The highest BCUT2D eigenvalue weighted by Gasteiger charge is 2.33. The third kappa shape index (κ3) is 5.77. The fraction of sp³-hybridized carbons (Fsp3) is 0.292. The van der Waals surface area contributed by atoms with Crippen LogP contribution in [0, 0.1) is 13.8 Å². The second-order valence-corrected chi connectivity index (χ2v) is 10.3. The number of amides is 2. The minimum atomic E-state index is -0.275. The van der Waals surface area contributed by atoms with Gasteiger partial charge in [-0.25, -0.2) is 0 Å². The fourth-order valence-corrected chi connectivity index (χ4v) is 5.46. The summed E-state index contributed by atoms with van der Waals surface area (Å²) >= 11 is 10.1. The smallest absolute Gasteiger partial charge is 0.266 e. The van der Waals surface area contributed by atoms with Crippen LogP contribution >= 0.6 is 39.9 Å². The second kappa shape index (κ2) is 10.7. The van der Waals surface area contributed by atoms with Crippen LogP contribution in [0.25, 0.3) is 6.08 Å². The zero-order valence-electron chi connectivity index (χ0n) is 19.0. The average molecular weight is 550 g/mol. The van der Waals surface area contributed by atoms with Crippen molar-refractivity contribution in [1.29, 1.82) is 0 Å². The maximum Gasteiger partial charge on any atom is 0.266 e. The zero-order chi connectivity index (χ0) is 24.3. The molecule has 2 aromatic rings. The summed E-state index contributed by atoms with van der Waals surface area (Å²) in [4.78, 5) is 27.3. The monoisotopic (exact) mass is 548 g/mol. The van der Waals surface area contributed by atoms with Gasteiger partial charge in [0, 0.05) is 11.7 Å². The molecule has 6 nitrogen and oxygen atoms in total. The van der Waals surface area contributed by atoms with Crippen LogP contribution < -0.4 is 14.8 Å². The van der Waals surface area contributed by atoms with E-state index >= 15 is 0 Å². The van der Waals surface area contributed by atoms with Gasteiger partial charge < -0.3 is 14.8 Å². The number of carbonyl (C=O) groups is 2. The largest absolute Gasteiger partial charge is 0.493 e. The van der Waals surface area contributed by atoms with Gasteiger partial charge in [-0.3, -0.25) is 14.5 Å². The van der Waals surface area contributed by atoms with Crippen LogP contribution in [0.1, 0.15) is 30.5 Å². The van der Waals surface area contributed by atoms with E-state index in [0.29, 0.717) is 25.2 Å². The van der Waals surface area contributed by atoms with Gasteiger partial charge in [0.05, 0.1) is 16.5 Å². The molecule has 0 radical (unpaired) electrons. The minimum absolute atomic E-state index is 0.00458. The van der Waals surface area contributed by atoms with Crippen molar-refractivity contribution in [1.82, 2.24) is 4.90 Å². The lowest BCUT2D eigenvalue weighted by atomic mass is 10.1. The van der Waals surface area contributed by atoms with Crippen LogP contribution in [0.15, 0.2) is 39.7 Å². The number of rotatable bonds is 7. The van der Waals surface area contributed by atoms with Gasteiger partial charge in [-0.1, -0.05) is 42.2 Å². The topological polar surface area (TPSA) is 67.9 Å². The van der Waals surface area contributed by atoms with Crippen molar-refractivity contribution in [2.75, 3.05) is 19.0 Å². The summed E-state index contributed by atoms with van der Waals surface area (Å²) in [7, 11) is 1.52. The van der Waals surface area contributed by atoms with Crippen molar-refractivity contribution in [3.63, 3.8) is 0 Å². The van der Waals surface area contributed by atoms with Gasteiger partial charge in [-0.05, 0) is 78.5 Å². The lowest BCUT2D eigenvalue weighted by Crippen LogP contribution is -2.34. The summed E-state index contributed by atoms with van der Waals surface area (Å²) in [5, 5.41) is 2.90. The molecule has 2 aromatic carbocycles. The number of carbonyl (C=O) groups excluding carboxylic acids is 2. The Morgan fingerprint density at radius 3 is 2.52 bits per heavy atom. The number of thiocarbonyl (C=S) groups is 1. The Morgan fingerprint density at radius 1 is 1.27 bits per heavy atom. The number of aryl methyl sites for hydroxylation is 2. The molecule has 0 aromatic heterocycles. The first-order valence-corrected chi connectivity index (χ1v) is 12.3. The number of nitrogens with zero attached hydrogens (tertiary/aromatic N) is 1. The van der Waals surface area contributed by atoms with Crippen molar-refractivity contribution in [2.45, 2.75) is 33.7 Å². The lowest BCUT2D eigenvalue weighted by molar-refractivity contribution is -0.123. The molecule has 1 N–H and O–H groups in total. The van der Waals surface area contributed by atoms with E-state index in [1.54, 1.807) is 17.0 Å². The van der Waals surface area contributed by atoms with Crippen molar-refractivity contribution >= 4 is 67.8 Å². The summed E-state index contributed by atoms with van der Waals surface area (Å²) in [5.74, 6) is 0.456. The van der Waals surface area contributed by atoms with Crippen LogP contribution in [0.3, 0.4) is 0 Å². The SMILES string of the molecule is COc1cc(/C=C2\SC(=S)N(C(C)C)C2=O)cc(Br)c1OCC(=O)Nc1c(C)cccc1C. The summed E-state index contributed by atoms with van der Waals surface area (Å²) in [6, 6.07) is 9.39. The number of hydrogen-bond acceptors (Lipinski definition) is 6. The van der Waals surface area contributed by atoms with Gasteiger partial charge in [0.1, 0.15) is 4.32 Å². The summed E-state index contributed by atoms with van der Waals surface area (Å²) < 4.78 is 12.4. The van der Waals surface area contributed by atoms with E-state index in [9.17, 15) is 9.59 Å². The Morgan fingerprint density at radius 2 is 1.94 bits per heavy atom. The first kappa shape index (κ1) is 25.3. The molecule has 1 aliphatic rings. The van der Waals surface area contributed by atoms with Gasteiger partial charge in [-0.2, -0.15) is 0 Å². The quantitative estimate of drug-likeness (QED) is 0.353. The number of anilines is 1. The molecule has 1 heterocycles. The maximum atomic E-state index is 12.7. The predicted octanol–water partition coefficient (Wildman–Crippen LogP) is 5.70. The number of nitrogens with one attached hydrogen (secondary N) is 1. The fourth-order valence-electron chi connectivity index (χ4n) is 3.36. The van der Waals surface area contributed by atoms with E-state index in [4.69, 9.17) is 21.7 Å². The molecule has 1 saturated heterocycles. The van der Waals surface area contributed by atoms with E-state index in [2.05, 4.69) is 21.2 Å². The molecule has 0 spiro atoms. The molecule has 0 saturated carbocycles. The molecule has 33 heavy (non-hydrogen) atoms. The first-order valence-electron chi connectivity index (χ1n) is 10.3. The number of hydrogen-bond donors (Lipinski definition) is 1. The summed E-state index contributed by atoms with van der Waals surface area (Å²) in [5.41, 5.74) is 3.49. The van der Waals surface area contributed by atoms with Crippen molar-refractivity contribution in [2.24, 2.45) is 0 Å². The van der Waals surface area contributed by atoms with E-state index in [0.717, 1.165) is 22.4 Å². The molecule has 0 bridgehead atoms. The highest BCUT2D eigenvalue weighted by Crippen LogP contribution is 2.39. The van der Waals surface area contributed by atoms with Crippen molar-refractivity contribution in [3.8, 4) is 11.5 Å². The van der Waals surface area contributed by atoms with Crippen molar-refractivity contribution in [3.05, 3.63) is 56.4 Å². The number of thioether (sulfide) groups is 1. The first-order chi connectivity index (χ1) is 15.6. The Bertz CT molecular complexity index is 1130. The predicted molar refractivity (Wildman–Crippen MR) is 141 cm³/mol. The van der Waals surface area contributed by atoms with Crippen LogP contribution in [-0.2, 0) is 9.59 Å². The maximum absolute atomic E-state index is 12.7. The Kier molecular flexibility index (Phi) is 8.20. The molecule has 1 aliphatic heterocycles. The normalized spacial score (nSPS) is 14.9. The van der Waals surface area contributed by atoms with Gasteiger partial charge in [-0.15, -0.1) is 0 Å². The van der Waals surface area contributed by atoms with Gasteiger partial charge in [0.2, 0.25) is 0 Å². The zero-order valence-corrected chi connectivity index (χ0v) is 22.2. The molecular weight excluding hydrogens is 524 g/mol. The van der Waals surface area contributed by atoms with Crippen molar-refractivity contribution < 1.29 is 19.1 Å². The molecule has 1 fully saturated rings. The molecule has 9 heteroatoms.